The molecule has 228 valence electrons. The van der Waals surface area contributed by atoms with E-state index in [9.17, 15) is 9.90 Å². The van der Waals surface area contributed by atoms with E-state index in [0.717, 1.165) is 0 Å². The SMILES string of the molecule is CC(C)OC(=O)[C@H](C)NP(=S)(Oc1ccccc1)OC1[C@@]2(CCl)O[C@@H](n3cnc4c(N(C)C)nc(N)nc43)[C@H](F)[C@@]12O. The number of nitrogens with two attached hydrogens (primary N) is 1. The molecule has 2 unspecified atom stereocenters. The molecule has 3 aromatic rings. The van der Waals surface area contributed by atoms with Crippen LogP contribution in [0.5, 0.6) is 5.75 Å². The van der Waals surface area contributed by atoms with Crippen LogP contribution in [0, 0.1) is 0 Å². The molecule has 3 heterocycles. The molecule has 2 aliphatic rings. The van der Waals surface area contributed by atoms with Crippen molar-refractivity contribution in [2.24, 2.45) is 0 Å². The standard InChI is InChI=1S/C25H32ClFN7O6PS/c1-13(2)37-21(35)14(3)32-41(42,39-15-9-7-6-8-10-15)40-22-24(11-26)25(22,36)17(27)20(38-24)34-12-29-16-18(33(4)5)30-23(28)31-19(16)34/h6-10,12-14,17,20,22,36H,11H2,1-5H3,(H,32,42)(H2,28,30,31)/t14-,17-,20+,22?,24+,25+,41?/m0/s1. The van der Waals surface area contributed by atoms with Gasteiger partial charge in [0.2, 0.25) is 5.95 Å². The number of anilines is 2. The van der Waals surface area contributed by atoms with Gasteiger partial charge in [-0.1, -0.05) is 18.2 Å². The summed E-state index contributed by atoms with van der Waals surface area (Å²) in [5.41, 5.74) is 2.56. The molecule has 1 aliphatic heterocycles. The molecule has 1 aliphatic carbocycles. The van der Waals surface area contributed by atoms with Crippen LogP contribution in [0.3, 0.4) is 0 Å². The van der Waals surface area contributed by atoms with Crippen molar-refractivity contribution in [2.75, 3.05) is 30.6 Å². The zero-order chi connectivity index (χ0) is 30.6. The lowest BCUT2D eigenvalue weighted by Crippen LogP contribution is -2.38. The van der Waals surface area contributed by atoms with Gasteiger partial charge in [-0.15, -0.1) is 11.6 Å². The molecule has 0 bridgehead atoms. The summed E-state index contributed by atoms with van der Waals surface area (Å²) in [5.74, 6) is -0.218. The number of fused-ring (bicyclic) bond motifs is 2. The highest BCUT2D eigenvalue weighted by Gasteiger charge is 2.89. The molecule has 0 radical (unpaired) electrons. The third-order valence-corrected chi connectivity index (χ3v) is 9.84. The topological polar surface area (TPSA) is 159 Å². The Morgan fingerprint density at radius 3 is 2.62 bits per heavy atom. The number of nitrogens with zero attached hydrogens (tertiary/aromatic N) is 5. The highest BCUT2D eigenvalue weighted by atomic mass is 35.5. The van der Waals surface area contributed by atoms with Gasteiger partial charge in [0, 0.05) is 14.1 Å². The van der Waals surface area contributed by atoms with E-state index in [4.69, 9.17) is 47.7 Å². The smallest absolute Gasteiger partial charge is 0.323 e. The van der Waals surface area contributed by atoms with Crippen LogP contribution in [0.2, 0.25) is 0 Å². The molecule has 4 N–H and O–H groups in total. The first kappa shape index (κ1) is 30.8. The number of hydrogen-bond acceptors (Lipinski definition) is 12. The van der Waals surface area contributed by atoms with Crippen molar-refractivity contribution < 1.29 is 32.8 Å². The fraction of sp³-hybridized carbons (Fsp3) is 0.520. The van der Waals surface area contributed by atoms with Gasteiger partial charge in [0.1, 0.15) is 23.5 Å². The number of imidazole rings is 1. The number of aliphatic hydroxyl groups is 1. The predicted octanol–water partition coefficient (Wildman–Crippen LogP) is 2.68. The maximum absolute atomic E-state index is 16.3. The third-order valence-electron chi connectivity index (χ3n) is 7.01. The molecule has 0 amide bonds. The van der Waals surface area contributed by atoms with Gasteiger partial charge in [-0.25, -0.2) is 14.5 Å². The summed E-state index contributed by atoms with van der Waals surface area (Å²) >= 11 is 12.1. The highest BCUT2D eigenvalue weighted by Crippen LogP contribution is 2.69. The van der Waals surface area contributed by atoms with Gasteiger partial charge in [0.25, 0.3) is 0 Å². The van der Waals surface area contributed by atoms with Crippen molar-refractivity contribution in [3.8, 4) is 5.75 Å². The van der Waals surface area contributed by atoms with E-state index in [1.807, 2.05) is 0 Å². The maximum atomic E-state index is 16.3. The third kappa shape index (κ3) is 5.10. The minimum Gasteiger partial charge on any atom is -0.462 e. The Morgan fingerprint density at radius 1 is 1.33 bits per heavy atom. The lowest BCUT2D eigenvalue weighted by Gasteiger charge is -2.29. The van der Waals surface area contributed by atoms with Gasteiger partial charge >= 0.3 is 12.6 Å². The molecule has 5 rings (SSSR count). The first-order chi connectivity index (χ1) is 19.8. The number of nitrogen functional groups attached to an aromatic ring is 1. The molecule has 7 atom stereocenters. The van der Waals surface area contributed by atoms with E-state index >= 15 is 4.39 Å². The maximum Gasteiger partial charge on any atom is 0.323 e. The quantitative estimate of drug-likeness (QED) is 0.159. The van der Waals surface area contributed by atoms with Crippen LogP contribution in [0.15, 0.2) is 36.7 Å². The predicted molar refractivity (Wildman–Crippen MR) is 158 cm³/mol. The summed E-state index contributed by atoms with van der Waals surface area (Å²) < 4.78 is 41.2. The molecule has 2 fully saturated rings. The molecule has 1 aromatic carbocycles. The fourth-order valence-electron chi connectivity index (χ4n) is 4.96. The van der Waals surface area contributed by atoms with Crippen molar-refractivity contribution in [2.45, 2.75) is 62.6 Å². The molecule has 1 saturated carbocycles. The minimum atomic E-state index is -3.65. The van der Waals surface area contributed by atoms with Gasteiger partial charge in [0.15, 0.2) is 35.0 Å². The Labute approximate surface area is 251 Å². The number of para-hydroxylation sites is 1. The average Bonchev–Trinajstić information content (AvgIpc) is 3.16. The summed E-state index contributed by atoms with van der Waals surface area (Å²) in [6.45, 7) is 1.30. The first-order valence-corrected chi connectivity index (χ1v) is 16.2. The number of halogens is 2. The van der Waals surface area contributed by atoms with E-state index in [-0.39, 0.29) is 23.6 Å². The Balaban J connectivity index is 1.44. The highest BCUT2D eigenvalue weighted by molar-refractivity contribution is 8.09. The van der Waals surface area contributed by atoms with Crippen LogP contribution in [0.1, 0.15) is 27.0 Å². The van der Waals surface area contributed by atoms with E-state index in [1.165, 1.54) is 17.8 Å². The van der Waals surface area contributed by atoms with Crippen LogP contribution >= 0.6 is 18.2 Å². The second-order valence-corrected chi connectivity index (χ2v) is 14.0. The number of ether oxygens (including phenoxy) is 2. The number of hydrogen-bond donors (Lipinski definition) is 3. The summed E-state index contributed by atoms with van der Waals surface area (Å²) in [6, 6.07) is 7.57. The number of carbonyl (C=O) groups is 1. The molecule has 42 heavy (non-hydrogen) atoms. The van der Waals surface area contributed by atoms with E-state index in [0.29, 0.717) is 17.1 Å². The average molecular weight is 644 g/mol. The van der Waals surface area contributed by atoms with Crippen molar-refractivity contribution in [1.29, 1.82) is 0 Å². The van der Waals surface area contributed by atoms with Crippen LogP contribution in [-0.2, 0) is 30.6 Å². The van der Waals surface area contributed by atoms with E-state index in [2.05, 4.69) is 20.0 Å². The molecule has 0 spiro atoms. The Kier molecular flexibility index (Phi) is 8.16. The molecular formula is C25H32ClFN7O6PS. The molecule has 2 aromatic heterocycles. The van der Waals surface area contributed by atoms with Gasteiger partial charge < -0.3 is 29.7 Å². The summed E-state index contributed by atoms with van der Waals surface area (Å²) in [6.07, 6.45) is -3.80. The normalized spacial score (nSPS) is 28.7. The Morgan fingerprint density at radius 2 is 2.02 bits per heavy atom. The summed E-state index contributed by atoms with van der Waals surface area (Å²) in [4.78, 5) is 27.0. The van der Waals surface area contributed by atoms with Crippen LogP contribution in [-0.4, -0.2) is 86.2 Å². The first-order valence-electron chi connectivity index (χ1n) is 13.0. The second kappa shape index (κ2) is 11.1. The number of rotatable bonds is 11. The zero-order valence-corrected chi connectivity index (χ0v) is 25.9. The lowest BCUT2D eigenvalue weighted by atomic mass is 10.1. The molecule has 1 saturated heterocycles. The minimum absolute atomic E-state index is 0.0477. The number of nitrogens with one attached hydrogen (secondary N) is 1. The summed E-state index contributed by atoms with van der Waals surface area (Å²) in [7, 11) is 3.51. The monoisotopic (exact) mass is 643 g/mol. The van der Waals surface area contributed by atoms with Crippen molar-refractivity contribution in [3.05, 3.63) is 36.7 Å². The second-order valence-electron chi connectivity index (χ2n) is 10.6. The largest absolute Gasteiger partial charge is 0.462 e. The number of esters is 1. The molecular weight excluding hydrogens is 612 g/mol. The number of benzene rings is 1. The van der Waals surface area contributed by atoms with Gasteiger partial charge in [-0.05, 0) is 44.7 Å². The zero-order valence-electron chi connectivity index (χ0n) is 23.5. The number of alkyl halides is 2. The van der Waals surface area contributed by atoms with Crippen molar-refractivity contribution in [3.63, 3.8) is 0 Å². The van der Waals surface area contributed by atoms with Crippen LogP contribution < -0.4 is 20.2 Å². The van der Waals surface area contributed by atoms with Crippen LogP contribution in [0.4, 0.5) is 16.2 Å². The van der Waals surface area contributed by atoms with Gasteiger partial charge in [-0.3, -0.25) is 13.9 Å². The Hall–Kier alpha value is -2.65. The van der Waals surface area contributed by atoms with Gasteiger partial charge in [0.05, 0.1) is 18.3 Å². The Bertz CT molecular complexity index is 1530. The molecule has 13 nitrogen and oxygen atoms in total. The number of carbonyl (C=O) groups excluding carboxylic acids is 1. The lowest BCUT2D eigenvalue weighted by molar-refractivity contribution is -0.149. The molecule has 17 heteroatoms. The van der Waals surface area contributed by atoms with Crippen LogP contribution in [0.25, 0.3) is 11.2 Å². The summed E-state index contributed by atoms with van der Waals surface area (Å²) in [5, 5.41) is 14.6. The van der Waals surface area contributed by atoms with Crippen molar-refractivity contribution in [1.82, 2.24) is 24.6 Å². The van der Waals surface area contributed by atoms with E-state index in [1.54, 1.807) is 63.2 Å². The van der Waals surface area contributed by atoms with Crippen molar-refractivity contribution >= 4 is 58.9 Å². The van der Waals surface area contributed by atoms with E-state index < -0.39 is 48.4 Å². The fourth-order valence-corrected chi connectivity index (χ4v) is 8.11. The van der Waals surface area contributed by atoms with Gasteiger partial charge in [-0.2, -0.15) is 9.97 Å². The number of aromatic nitrogens is 4.